The molecular weight excluding hydrogens is 927 g/mol. The van der Waals surface area contributed by atoms with Crippen LogP contribution in [0.4, 0.5) is 0 Å². The van der Waals surface area contributed by atoms with E-state index in [-0.39, 0.29) is 0 Å². The quantitative estimate of drug-likeness (QED) is 0.127. The minimum Gasteiger partial charge on any atom is -0.309 e. The molecule has 0 fully saturated rings. The average molecular weight is 982 g/mol. The van der Waals surface area contributed by atoms with Crippen molar-refractivity contribution in [3.8, 4) is 83.6 Å². The first-order valence-corrected chi connectivity index (χ1v) is 27.0. The number of hydrogen-bond donors (Lipinski definition) is 0. The highest BCUT2D eigenvalue weighted by molar-refractivity contribution is 6.22. The minimum atomic E-state index is 1.09. The summed E-state index contributed by atoms with van der Waals surface area (Å²) in [5.74, 6) is 0. The van der Waals surface area contributed by atoms with Gasteiger partial charge >= 0.3 is 0 Å². The van der Waals surface area contributed by atoms with E-state index >= 15 is 0 Å². The molecule has 1 nitrogen and oxygen atoms in total. The first-order valence-electron chi connectivity index (χ1n) is 27.0. The van der Waals surface area contributed by atoms with E-state index in [9.17, 15) is 0 Å². The van der Waals surface area contributed by atoms with Crippen molar-refractivity contribution in [2.45, 2.75) is 26.7 Å². The standard InChI is InChI=1S/C76H55N/c1-50-13-11-17-61(45-50)64-40-43-69-71(48-64)75(59-35-31-56(32-36-59)54-25-23-53(24-26-54)52-15-5-3-6-16-52)68-42-39-65(62-18-12-14-51(2)46-62)49-72(68)76(69)60-37-33-57(34-38-60)55-27-29-58(30-28-55)63-41-44-74-70(47-63)67-21-9-10-22-73(67)77(74)66-19-7-4-8-20-66/h3-5,7-15,17-49H,6,16H2,1-2H3. The zero-order valence-electron chi connectivity index (χ0n) is 43.3. The van der Waals surface area contributed by atoms with Gasteiger partial charge in [0.1, 0.15) is 0 Å². The number of aryl methyl sites for hydroxylation is 2. The highest BCUT2D eigenvalue weighted by atomic mass is 15.0. The molecule has 1 heterocycles. The molecule has 0 saturated heterocycles. The van der Waals surface area contributed by atoms with Gasteiger partial charge in [0.25, 0.3) is 0 Å². The summed E-state index contributed by atoms with van der Waals surface area (Å²) in [7, 11) is 0. The molecule has 14 rings (SSSR count). The van der Waals surface area contributed by atoms with Gasteiger partial charge < -0.3 is 4.57 Å². The highest BCUT2D eigenvalue weighted by Gasteiger charge is 2.20. The Hall–Kier alpha value is -9.56. The maximum Gasteiger partial charge on any atom is 0.0541 e. The van der Waals surface area contributed by atoms with E-state index in [0.29, 0.717) is 0 Å². The van der Waals surface area contributed by atoms with E-state index in [1.54, 1.807) is 0 Å². The van der Waals surface area contributed by atoms with Crippen LogP contribution in [0.5, 0.6) is 0 Å². The fourth-order valence-electron chi connectivity index (χ4n) is 12.1. The molecule has 1 heteroatoms. The summed E-state index contributed by atoms with van der Waals surface area (Å²) in [6.07, 6.45) is 8.88. The van der Waals surface area contributed by atoms with E-state index in [0.717, 1.165) is 12.8 Å². The third kappa shape index (κ3) is 8.47. The van der Waals surface area contributed by atoms with Crippen LogP contribution < -0.4 is 0 Å². The van der Waals surface area contributed by atoms with Gasteiger partial charge in [0.15, 0.2) is 0 Å². The molecule has 0 amide bonds. The van der Waals surface area contributed by atoms with E-state index in [4.69, 9.17) is 0 Å². The lowest BCUT2D eigenvalue weighted by Crippen LogP contribution is -1.93. The number of aromatic nitrogens is 1. The summed E-state index contributed by atoms with van der Waals surface area (Å²) in [6.45, 7) is 4.36. The summed E-state index contributed by atoms with van der Waals surface area (Å²) in [6, 6.07) is 95.1. The first kappa shape index (κ1) is 46.0. The molecule has 1 aliphatic rings. The maximum absolute atomic E-state index is 2.44. The van der Waals surface area contributed by atoms with E-state index in [1.165, 1.54) is 149 Å². The molecule has 0 aliphatic heterocycles. The fourth-order valence-corrected chi connectivity index (χ4v) is 12.1. The van der Waals surface area contributed by atoms with Crippen LogP contribution in [0.25, 0.3) is 132 Å². The van der Waals surface area contributed by atoms with Gasteiger partial charge in [0.05, 0.1) is 11.0 Å². The van der Waals surface area contributed by atoms with Crippen molar-refractivity contribution in [2.24, 2.45) is 0 Å². The second-order valence-corrected chi connectivity index (χ2v) is 20.9. The van der Waals surface area contributed by atoms with Crippen molar-refractivity contribution in [3.63, 3.8) is 0 Å². The van der Waals surface area contributed by atoms with E-state index in [2.05, 4.69) is 291 Å². The summed E-state index contributed by atoms with van der Waals surface area (Å²) in [5, 5.41) is 7.46. The van der Waals surface area contributed by atoms with Crippen LogP contribution in [0.3, 0.4) is 0 Å². The highest BCUT2D eigenvalue weighted by Crippen LogP contribution is 2.47. The Morgan fingerprint density at radius 2 is 0.701 bits per heavy atom. The van der Waals surface area contributed by atoms with Crippen molar-refractivity contribution >= 4 is 48.9 Å². The average Bonchev–Trinajstić information content (AvgIpc) is 3.91. The van der Waals surface area contributed by atoms with Crippen molar-refractivity contribution in [1.82, 2.24) is 4.57 Å². The predicted molar refractivity (Wildman–Crippen MR) is 330 cm³/mol. The molecule has 0 unspecified atom stereocenters. The van der Waals surface area contributed by atoms with Gasteiger partial charge in [-0.2, -0.15) is 0 Å². The lowest BCUT2D eigenvalue weighted by atomic mass is 9.83. The van der Waals surface area contributed by atoms with Crippen LogP contribution in [-0.2, 0) is 0 Å². The Kier molecular flexibility index (Phi) is 11.5. The SMILES string of the molecule is Cc1cccc(-c2ccc3c(-c4ccc(-c5ccc(-c6ccc7c(c6)c6ccccc6n7-c6ccccc6)cc5)cc4)c4cc(-c5cccc(C)c5)ccc4c(-c4ccc(-c5ccc(C6=CC=CCC6)cc5)cc4)c3c2)c1. The number of rotatable bonds is 9. The monoisotopic (exact) mass is 981 g/mol. The molecular formula is C76H55N. The predicted octanol–water partition coefficient (Wildman–Crippen LogP) is 21.1. The van der Waals surface area contributed by atoms with Gasteiger partial charge in [0, 0.05) is 16.5 Å². The lowest BCUT2D eigenvalue weighted by Gasteiger charge is -2.20. The van der Waals surface area contributed by atoms with Crippen molar-refractivity contribution in [1.29, 1.82) is 0 Å². The second-order valence-electron chi connectivity index (χ2n) is 20.9. The van der Waals surface area contributed by atoms with E-state index < -0.39 is 0 Å². The van der Waals surface area contributed by atoms with Gasteiger partial charge in [-0.15, -0.1) is 0 Å². The summed E-state index contributed by atoms with van der Waals surface area (Å²) in [4.78, 5) is 0. The molecule has 77 heavy (non-hydrogen) atoms. The molecule has 1 aliphatic carbocycles. The molecule has 364 valence electrons. The van der Waals surface area contributed by atoms with Crippen LogP contribution in [0.15, 0.2) is 273 Å². The number of para-hydroxylation sites is 2. The molecule has 1 aromatic heterocycles. The van der Waals surface area contributed by atoms with Crippen LogP contribution in [0.2, 0.25) is 0 Å². The smallest absolute Gasteiger partial charge is 0.0541 e. The topological polar surface area (TPSA) is 4.93 Å². The van der Waals surface area contributed by atoms with Crippen LogP contribution in [0, 0.1) is 13.8 Å². The molecule has 0 saturated carbocycles. The molecule has 12 aromatic carbocycles. The third-order valence-electron chi connectivity index (χ3n) is 16.0. The third-order valence-corrected chi connectivity index (χ3v) is 16.0. The van der Waals surface area contributed by atoms with Crippen LogP contribution >= 0.6 is 0 Å². The minimum absolute atomic E-state index is 1.09. The van der Waals surface area contributed by atoms with Gasteiger partial charge in [-0.25, -0.2) is 0 Å². The maximum atomic E-state index is 2.44. The largest absolute Gasteiger partial charge is 0.309 e. The number of fused-ring (bicyclic) bond motifs is 5. The summed E-state index contributed by atoms with van der Waals surface area (Å²) >= 11 is 0. The number of benzene rings is 12. The Balaban J connectivity index is 0.875. The van der Waals surface area contributed by atoms with Gasteiger partial charge in [-0.1, -0.05) is 242 Å². The van der Waals surface area contributed by atoms with Crippen LogP contribution in [0.1, 0.15) is 29.5 Å². The Labute approximate surface area is 451 Å². The van der Waals surface area contributed by atoms with Crippen molar-refractivity contribution in [3.05, 3.63) is 290 Å². The Morgan fingerprint density at radius 3 is 1.22 bits per heavy atom. The number of allylic oxidation sites excluding steroid dienone is 4. The summed E-state index contributed by atoms with van der Waals surface area (Å²) in [5.41, 5.74) is 25.8. The Morgan fingerprint density at radius 1 is 0.286 bits per heavy atom. The van der Waals surface area contributed by atoms with Gasteiger partial charge in [-0.3, -0.25) is 0 Å². The summed E-state index contributed by atoms with van der Waals surface area (Å²) < 4.78 is 2.38. The van der Waals surface area contributed by atoms with Gasteiger partial charge in [-0.05, 0) is 180 Å². The fraction of sp³-hybridized carbons (Fsp3) is 0.0526. The molecule has 0 radical (unpaired) electrons. The van der Waals surface area contributed by atoms with Gasteiger partial charge in [0.2, 0.25) is 0 Å². The van der Waals surface area contributed by atoms with Crippen LogP contribution in [-0.4, -0.2) is 4.57 Å². The first-order chi connectivity index (χ1) is 38.0. The molecule has 0 atom stereocenters. The molecule has 0 bridgehead atoms. The van der Waals surface area contributed by atoms with Crippen molar-refractivity contribution < 1.29 is 0 Å². The zero-order valence-corrected chi connectivity index (χ0v) is 43.3. The Bertz CT molecular complexity index is 4450. The second kappa shape index (κ2) is 19.3. The van der Waals surface area contributed by atoms with E-state index in [1.807, 2.05) is 0 Å². The zero-order chi connectivity index (χ0) is 51.4. The molecule has 0 spiro atoms. The number of nitrogens with zero attached hydrogens (tertiary/aromatic N) is 1. The number of hydrogen-bond acceptors (Lipinski definition) is 0. The molecule has 0 N–H and O–H groups in total. The lowest BCUT2D eigenvalue weighted by molar-refractivity contribution is 1.05. The molecule has 13 aromatic rings. The normalized spacial score (nSPS) is 12.5. The van der Waals surface area contributed by atoms with Crippen molar-refractivity contribution in [2.75, 3.05) is 0 Å².